The Kier molecular flexibility index (Phi) is 14.7. The molecule has 0 aliphatic rings. The average Bonchev–Trinajstić information content (AvgIpc) is 3.19. The van der Waals surface area contributed by atoms with Gasteiger partial charge in [-0.2, -0.15) is 0 Å². The number of aromatic nitrogens is 1. The fourth-order valence-electron chi connectivity index (χ4n) is 4.64. The summed E-state index contributed by atoms with van der Waals surface area (Å²) in [5, 5.41) is 3.50. The first kappa shape index (κ1) is 33.1. The van der Waals surface area contributed by atoms with Crippen molar-refractivity contribution in [2.75, 3.05) is 0 Å². The molecule has 2 nitrogen and oxygen atoms in total. The zero-order valence-electron chi connectivity index (χ0n) is 25.1. The van der Waals surface area contributed by atoms with Crippen molar-refractivity contribution in [1.29, 1.82) is 0 Å². The van der Waals surface area contributed by atoms with E-state index in [2.05, 4.69) is 92.9 Å². The number of thiazole rings is 1. The number of hydrogen-bond acceptors (Lipinski definition) is 3. The predicted molar refractivity (Wildman–Crippen MR) is 166 cm³/mol. The van der Waals surface area contributed by atoms with Crippen LogP contribution in [0.5, 0.6) is 0 Å². The summed E-state index contributed by atoms with van der Waals surface area (Å²) >= 11 is -0.634. The molecule has 0 aliphatic carbocycles. The van der Waals surface area contributed by atoms with Gasteiger partial charge in [-0.3, -0.25) is 0 Å². The Morgan fingerprint density at radius 1 is 1.03 bits per heavy atom. The fourth-order valence-corrected chi connectivity index (χ4v) is 22.5. The van der Waals surface area contributed by atoms with Gasteiger partial charge in [0.1, 0.15) is 0 Å². The molecule has 0 saturated carbocycles. The molecule has 0 N–H and O–H groups in total. The topological polar surface area (TPSA) is 22.1 Å². The maximum atomic E-state index is 7.07. The van der Waals surface area contributed by atoms with Crippen molar-refractivity contribution < 1.29 is 4.43 Å². The average molecular weight is 627 g/mol. The van der Waals surface area contributed by atoms with Crippen LogP contribution in [0.4, 0.5) is 0 Å². The molecule has 1 aromatic rings. The second kappa shape index (κ2) is 15.5. The predicted octanol–water partition coefficient (Wildman–Crippen LogP) is 11.0. The van der Waals surface area contributed by atoms with E-state index in [9.17, 15) is 0 Å². The Morgan fingerprint density at radius 2 is 1.54 bits per heavy atom. The van der Waals surface area contributed by atoms with Crippen LogP contribution in [0, 0.1) is 6.92 Å². The summed E-state index contributed by atoms with van der Waals surface area (Å²) in [6.07, 6.45) is 14.3. The Labute approximate surface area is 228 Å². The van der Waals surface area contributed by atoms with Crippen molar-refractivity contribution in [3.8, 4) is 0 Å². The minimum atomic E-state index is -2.36. The molecule has 0 fully saturated rings. The van der Waals surface area contributed by atoms with Gasteiger partial charge in [0, 0.05) is 0 Å². The molecule has 202 valence electrons. The summed E-state index contributed by atoms with van der Waals surface area (Å²) in [4.78, 5) is 4.71. The summed E-state index contributed by atoms with van der Waals surface area (Å²) in [6, 6.07) is 0. The Balaban J connectivity index is 3.34. The van der Waals surface area contributed by atoms with Gasteiger partial charge in [0.15, 0.2) is 0 Å². The SMILES string of the molecule is CCC[CH2][Sn]([CH2]CCC)([CH2]CCC)/[C](C)=C\C[C@H](O[Si](C)(C)C(C)(C)C)/C(C)=C/c1csc(C)n1. The van der Waals surface area contributed by atoms with Crippen molar-refractivity contribution in [2.45, 2.75) is 145 Å². The molecular weight excluding hydrogens is 569 g/mol. The van der Waals surface area contributed by atoms with Crippen LogP contribution in [-0.2, 0) is 4.43 Å². The molecule has 0 unspecified atom stereocenters. The molecule has 1 heterocycles. The van der Waals surface area contributed by atoms with E-state index in [1.807, 2.05) is 3.59 Å². The molecule has 0 spiro atoms. The summed E-state index contributed by atoms with van der Waals surface area (Å²) in [5.74, 6) is 0. The Hall–Kier alpha value is 0.0856. The number of unbranched alkanes of at least 4 members (excludes halogenated alkanes) is 3. The van der Waals surface area contributed by atoms with E-state index >= 15 is 0 Å². The van der Waals surface area contributed by atoms with Crippen molar-refractivity contribution in [2.24, 2.45) is 0 Å². The zero-order valence-corrected chi connectivity index (χ0v) is 29.8. The Bertz CT molecular complexity index is 784. The number of allylic oxidation sites excluding steroid dienone is 1. The van der Waals surface area contributed by atoms with Gasteiger partial charge < -0.3 is 0 Å². The van der Waals surface area contributed by atoms with E-state index in [1.165, 1.54) is 57.4 Å². The second-order valence-electron chi connectivity index (χ2n) is 12.3. The van der Waals surface area contributed by atoms with Crippen molar-refractivity contribution in [3.63, 3.8) is 0 Å². The number of hydrogen-bond donors (Lipinski definition) is 0. The number of rotatable bonds is 16. The molecule has 1 atom stereocenters. The van der Waals surface area contributed by atoms with E-state index in [-0.39, 0.29) is 11.1 Å². The van der Waals surface area contributed by atoms with Gasteiger partial charge >= 0.3 is 230 Å². The maximum absolute atomic E-state index is 7.07. The van der Waals surface area contributed by atoms with Crippen molar-refractivity contribution in [1.82, 2.24) is 4.98 Å². The van der Waals surface area contributed by atoms with Crippen molar-refractivity contribution in [3.05, 3.63) is 31.3 Å². The normalized spacial score (nSPS) is 15.1. The molecular formula is C30H57NOSSiSn. The van der Waals surface area contributed by atoms with Gasteiger partial charge in [-0.15, -0.1) is 0 Å². The molecule has 0 bridgehead atoms. The van der Waals surface area contributed by atoms with E-state index in [4.69, 9.17) is 9.41 Å². The quantitative estimate of drug-likeness (QED) is 0.170. The summed E-state index contributed by atoms with van der Waals surface area (Å²) in [5.41, 5.74) is 2.40. The molecule has 5 heteroatoms. The number of nitrogens with zero attached hydrogens (tertiary/aromatic N) is 1. The molecule has 35 heavy (non-hydrogen) atoms. The van der Waals surface area contributed by atoms with Crippen LogP contribution in [0.25, 0.3) is 6.08 Å². The molecule has 1 aromatic heterocycles. The first-order valence-corrected chi connectivity index (χ1v) is 25.5. The van der Waals surface area contributed by atoms with Crippen LogP contribution in [0.3, 0.4) is 0 Å². The third-order valence-electron chi connectivity index (χ3n) is 8.26. The van der Waals surface area contributed by atoms with Crippen LogP contribution in [0.1, 0.15) is 111 Å². The standard InChI is InChI=1S/C18H30NOSSi.3C4H9.Sn/c1-9-10-11-17(20-22(7,8)18(4,5)6)14(2)12-16-13-21-15(3)19-16;3*1-3-4-2;/h10,12-13,17H,11H2,1-8H3;3*1,3-4H2,2H3;/b10-9?,14-12+;;;;/t17-;;;;/m0..../s1. The monoisotopic (exact) mass is 627 g/mol. The van der Waals surface area contributed by atoms with Crippen LogP contribution in [-0.4, -0.2) is 37.8 Å². The van der Waals surface area contributed by atoms with Crippen LogP contribution >= 0.6 is 11.3 Å². The first-order chi connectivity index (χ1) is 16.3. The Morgan fingerprint density at radius 3 is 1.94 bits per heavy atom. The van der Waals surface area contributed by atoms with Gasteiger partial charge in [0.05, 0.1) is 0 Å². The molecule has 0 aromatic carbocycles. The molecule has 1 rings (SSSR count). The minimum absolute atomic E-state index is 0.139. The van der Waals surface area contributed by atoms with E-state index < -0.39 is 26.7 Å². The molecule has 0 saturated heterocycles. The summed E-state index contributed by atoms with van der Waals surface area (Å²) in [6.45, 7) is 25.8. The van der Waals surface area contributed by atoms with Gasteiger partial charge in [-0.1, -0.05) is 0 Å². The molecule has 0 radical (unpaired) electrons. The van der Waals surface area contributed by atoms with Gasteiger partial charge in [-0.05, 0) is 0 Å². The third kappa shape index (κ3) is 10.8. The van der Waals surface area contributed by atoms with E-state index in [0.29, 0.717) is 0 Å². The fraction of sp³-hybridized carbons (Fsp3) is 0.767. The van der Waals surface area contributed by atoms with E-state index in [1.54, 1.807) is 11.3 Å². The third-order valence-corrected chi connectivity index (χ3v) is 30.1. The van der Waals surface area contributed by atoms with Crippen molar-refractivity contribution >= 4 is 44.1 Å². The summed E-state index contributed by atoms with van der Waals surface area (Å²) in [7, 11) is -1.89. The zero-order chi connectivity index (χ0) is 26.7. The van der Waals surface area contributed by atoms with Gasteiger partial charge in [0.25, 0.3) is 0 Å². The van der Waals surface area contributed by atoms with Crippen LogP contribution in [0.2, 0.25) is 31.4 Å². The van der Waals surface area contributed by atoms with E-state index in [0.717, 1.165) is 17.1 Å². The second-order valence-corrected chi connectivity index (χ2v) is 31.9. The first-order valence-electron chi connectivity index (χ1n) is 14.3. The van der Waals surface area contributed by atoms with Gasteiger partial charge in [-0.25, -0.2) is 0 Å². The van der Waals surface area contributed by atoms with Crippen LogP contribution < -0.4 is 0 Å². The van der Waals surface area contributed by atoms with Gasteiger partial charge in [0.2, 0.25) is 0 Å². The van der Waals surface area contributed by atoms with Crippen LogP contribution in [0.15, 0.2) is 20.6 Å². The molecule has 0 aliphatic heterocycles. The molecule has 0 amide bonds. The number of aryl methyl sites for hydroxylation is 1. The summed E-state index contributed by atoms with van der Waals surface area (Å²) < 4.78 is 13.5.